The van der Waals surface area contributed by atoms with E-state index in [0.29, 0.717) is 34.2 Å². The number of ketones is 1. The van der Waals surface area contributed by atoms with Gasteiger partial charge in [-0.2, -0.15) is 5.10 Å². The van der Waals surface area contributed by atoms with Crippen LogP contribution in [0.25, 0.3) is 5.69 Å². The number of carbonyl (C=O) groups excluding carboxylic acids is 1. The van der Waals surface area contributed by atoms with Crippen LogP contribution in [-0.2, 0) is 0 Å². The molecule has 0 spiro atoms. The van der Waals surface area contributed by atoms with Gasteiger partial charge in [0, 0.05) is 48.5 Å². The van der Waals surface area contributed by atoms with Crippen molar-refractivity contribution in [3.05, 3.63) is 88.2 Å². The van der Waals surface area contributed by atoms with E-state index in [2.05, 4.69) is 19.9 Å². The van der Waals surface area contributed by atoms with Gasteiger partial charge >= 0.3 is 5.69 Å². The van der Waals surface area contributed by atoms with Gasteiger partial charge in [0.2, 0.25) is 0 Å². The molecule has 0 radical (unpaired) electrons. The topological polar surface area (TPSA) is 94.7 Å². The van der Waals surface area contributed by atoms with E-state index in [9.17, 15) is 9.59 Å². The highest BCUT2D eigenvalue weighted by molar-refractivity contribution is 6.30. The zero-order valence-electron chi connectivity index (χ0n) is 22.7. The summed E-state index contributed by atoms with van der Waals surface area (Å²) in [5.74, 6) is 2.06. The SMILES string of the molecule is CCC(C(=O)c1ccc(Cl)cc1)n1ncn(-c2ccc(N3CCN(c4ccc(OC)c(OC)c4)CC3)nc2)c1=O. The minimum Gasteiger partial charge on any atom is -0.493 e. The minimum absolute atomic E-state index is 0.188. The van der Waals surface area contributed by atoms with Crippen molar-refractivity contribution in [2.75, 3.05) is 50.2 Å². The van der Waals surface area contributed by atoms with Crippen molar-refractivity contribution in [1.29, 1.82) is 0 Å². The van der Waals surface area contributed by atoms with Crippen LogP contribution in [0.4, 0.5) is 11.5 Å². The zero-order valence-corrected chi connectivity index (χ0v) is 23.4. The Hall–Kier alpha value is -4.31. The summed E-state index contributed by atoms with van der Waals surface area (Å²) in [6, 6.07) is 15.6. The maximum atomic E-state index is 13.2. The quantitative estimate of drug-likeness (QED) is 0.279. The van der Waals surface area contributed by atoms with Crippen LogP contribution < -0.4 is 25.0 Å². The van der Waals surface area contributed by atoms with E-state index in [1.54, 1.807) is 44.7 Å². The fourth-order valence-electron chi connectivity index (χ4n) is 4.91. The summed E-state index contributed by atoms with van der Waals surface area (Å²) >= 11 is 5.95. The Morgan fingerprint density at radius 2 is 1.60 bits per heavy atom. The number of rotatable bonds is 9. The van der Waals surface area contributed by atoms with Crippen LogP contribution >= 0.6 is 11.6 Å². The van der Waals surface area contributed by atoms with Gasteiger partial charge in [-0.25, -0.2) is 19.0 Å². The number of nitrogens with zero attached hydrogens (tertiary/aromatic N) is 6. The number of hydrogen-bond donors (Lipinski definition) is 0. The van der Waals surface area contributed by atoms with E-state index in [4.69, 9.17) is 21.1 Å². The molecule has 3 heterocycles. The number of aromatic nitrogens is 4. The zero-order chi connectivity index (χ0) is 28.2. The fraction of sp³-hybridized carbons (Fsp3) is 0.310. The second-order valence-corrected chi connectivity index (χ2v) is 9.85. The van der Waals surface area contributed by atoms with Gasteiger partial charge in [-0.05, 0) is 55.0 Å². The van der Waals surface area contributed by atoms with E-state index >= 15 is 0 Å². The summed E-state index contributed by atoms with van der Waals surface area (Å²) < 4.78 is 13.4. The molecule has 1 fully saturated rings. The summed E-state index contributed by atoms with van der Waals surface area (Å²) in [7, 11) is 3.26. The first-order valence-electron chi connectivity index (χ1n) is 13.1. The molecule has 0 aliphatic carbocycles. The van der Waals surface area contributed by atoms with E-state index in [1.807, 2.05) is 37.3 Å². The monoisotopic (exact) mass is 562 g/mol. The van der Waals surface area contributed by atoms with Crippen LogP contribution in [0, 0.1) is 0 Å². The average molecular weight is 563 g/mol. The van der Waals surface area contributed by atoms with E-state index < -0.39 is 11.7 Å². The van der Waals surface area contributed by atoms with Gasteiger partial charge < -0.3 is 19.3 Å². The van der Waals surface area contributed by atoms with Gasteiger partial charge in [-0.1, -0.05) is 18.5 Å². The third kappa shape index (κ3) is 5.40. The Labute approximate surface area is 237 Å². The molecule has 2 aromatic carbocycles. The summed E-state index contributed by atoms with van der Waals surface area (Å²) in [6.07, 6.45) is 3.51. The van der Waals surface area contributed by atoms with Crippen molar-refractivity contribution < 1.29 is 14.3 Å². The van der Waals surface area contributed by atoms with Gasteiger partial charge in [0.1, 0.15) is 18.2 Å². The van der Waals surface area contributed by atoms with Crippen molar-refractivity contribution in [2.45, 2.75) is 19.4 Å². The van der Waals surface area contributed by atoms with Crippen LogP contribution in [0.1, 0.15) is 29.7 Å². The fourth-order valence-corrected chi connectivity index (χ4v) is 5.03. The average Bonchev–Trinajstić information content (AvgIpc) is 3.38. The predicted octanol–water partition coefficient (Wildman–Crippen LogP) is 4.26. The Balaban J connectivity index is 1.27. The highest BCUT2D eigenvalue weighted by Gasteiger charge is 2.25. The lowest BCUT2D eigenvalue weighted by Gasteiger charge is -2.37. The molecule has 1 saturated heterocycles. The molecular formula is C29H31ClN6O4. The first-order valence-corrected chi connectivity index (χ1v) is 13.5. The molecule has 40 heavy (non-hydrogen) atoms. The largest absolute Gasteiger partial charge is 0.493 e. The van der Waals surface area contributed by atoms with Crippen molar-refractivity contribution in [3.63, 3.8) is 0 Å². The molecule has 0 amide bonds. The summed E-state index contributed by atoms with van der Waals surface area (Å²) in [5, 5.41) is 4.80. The molecule has 1 aliphatic rings. The van der Waals surface area contributed by atoms with Crippen molar-refractivity contribution in [1.82, 2.24) is 19.3 Å². The van der Waals surface area contributed by atoms with Crippen LogP contribution in [0.3, 0.4) is 0 Å². The van der Waals surface area contributed by atoms with Crippen LogP contribution in [-0.4, -0.2) is 65.5 Å². The Morgan fingerprint density at radius 3 is 2.23 bits per heavy atom. The van der Waals surface area contributed by atoms with E-state index in [1.165, 1.54) is 15.6 Å². The molecule has 10 nitrogen and oxygen atoms in total. The predicted molar refractivity (Wildman–Crippen MR) is 155 cm³/mol. The molecule has 11 heteroatoms. The third-order valence-corrected chi connectivity index (χ3v) is 7.41. The third-order valence-electron chi connectivity index (χ3n) is 7.15. The summed E-state index contributed by atoms with van der Waals surface area (Å²) in [5.41, 5.74) is 1.75. The van der Waals surface area contributed by atoms with Crippen LogP contribution in [0.2, 0.25) is 5.02 Å². The minimum atomic E-state index is -0.718. The second-order valence-electron chi connectivity index (χ2n) is 9.41. The lowest BCUT2D eigenvalue weighted by Crippen LogP contribution is -2.46. The van der Waals surface area contributed by atoms with Gasteiger partial charge in [0.05, 0.1) is 26.1 Å². The Bertz CT molecular complexity index is 1530. The van der Waals surface area contributed by atoms with E-state index in [-0.39, 0.29) is 5.78 Å². The molecule has 0 saturated carbocycles. The number of pyridine rings is 1. The number of carbonyl (C=O) groups is 1. The van der Waals surface area contributed by atoms with Crippen molar-refractivity contribution in [2.24, 2.45) is 0 Å². The number of Topliss-reactive ketones (excluding diaryl/α,β-unsaturated/α-hetero) is 1. The lowest BCUT2D eigenvalue weighted by molar-refractivity contribution is 0.0911. The maximum absolute atomic E-state index is 13.2. The van der Waals surface area contributed by atoms with Gasteiger partial charge in [0.25, 0.3) is 0 Å². The number of anilines is 2. The smallest absolute Gasteiger partial charge is 0.351 e. The molecule has 0 N–H and O–H groups in total. The molecule has 208 valence electrons. The molecule has 4 aromatic rings. The number of halogens is 1. The van der Waals surface area contributed by atoms with Gasteiger partial charge in [-0.15, -0.1) is 0 Å². The molecule has 1 atom stereocenters. The molecular weight excluding hydrogens is 532 g/mol. The van der Waals surface area contributed by atoms with Gasteiger partial charge in [0.15, 0.2) is 17.3 Å². The molecule has 1 aliphatic heterocycles. The standard InChI is InChI=1S/C29H31ClN6O4/c1-4-24(28(37)20-5-7-21(30)8-6-20)36-29(38)35(19-32-36)23-10-12-27(31-18-23)34-15-13-33(14-16-34)22-9-11-25(39-2)26(17-22)40-3/h5-12,17-19,24H,4,13-16H2,1-3H3. The molecule has 1 unspecified atom stereocenters. The molecule has 5 rings (SSSR count). The Morgan fingerprint density at radius 1 is 0.925 bits per heavy atom. The van der Waals surface area contributed by atoms with E-state index in [0.717, 1.165) is 37.7 Å². The van der Waals surface area contributed by atoms with Crippen LogP contribution in [0.5, 0.6) is 11.5 Å². The summed E-state index contributed by atoms with van der Waals surface area (Å²) in [6.45, 7) is 5.09. The number of methoxy groups -OCH3 is 2. The molecule has 0 bridgehead atoms. The Kier molecular flexibility index (Phi) is 8.06. The van der Waals surface area contributed by atoms with Gasteiger partial charge in [-0.3, -0.25) is 4.79 Å². The maximum Gasteiger partial charge on any atom is 0.351 e. The highest BCUT2D eigenvalue weighted by Crippen LogP contribution is 2.32. The number of piperazine rings is 1. The highest BCUT2D eigenvalue weighted by atomic mass is 35.5. The number of benzene rings is 2. The lowest BCUT2D eigenvalue weighted by atomic mass is 10.0. The second kappa shape index (κ2) is 11.8. The van der Waals surface area contributed by atoms with Crippen molar-refractivity contribution in [3.8, 4) is 17.2 Å². The molecule has 2 aromatic heterocycles. The first-order chi connectivity index (χ1) is 19.4. The normalized spacial score (nSPS) is 14.2. The van der Waals surface area contributed by atoms with Crippen LogP contribution in [0.15, 0.2) is 71.9 Å². The van der Waals surface area contributed by atoms with Crippen molar-refractivity contribution >= 4 is 28.9 Å². The number of hydrogen-bond acceptors (Lipinski definition) is 8. The number of ether oxygens (including phenoxy) is 2. The first kappa shape index (κ1) is 27.3. The summed E-state index contributed by atoms with van der Waals surface area (Å²) in [4.78, 5) is 35.5.